The highest BCUT2D eigenvalue weighted by Gasteiger charge is 2.15. The molecule has 0 saturated carbocycles. The number of hydrogen-bond donors (Lipinski definition) is 1. The Balaban J connectivity index is 2.84. The molecule has 1 aromatic rings. The Bertz CT molecular complexity index is 419. The first kappa shape index (κ1) is 14.2. The first-order valence-electron chi connectivity index (χ1n) is 5.50. The molecule has 0 unspecified atom stereocenters. The third-order valence-corrected chi connectivity index (χ3v) is 2.21. The summed E-state index contributed by atoms with van der Waals surface area (Å²) in [7, 11) is 3.03. The van der Waals surface area contributed by atoms with E-state index in [2.05, 4.69) is 4.98 Å². The molecule has 0 spiro atoms. The number of rotatable bonds is 7. The average molecular weight is 255 g/mol. The van der Waals surface area contributed by atoms with Gasteiger partial charge in [0, 0.05) is 33.1 Å². The number of Topliss-reactive ketones (excluding diaryl/α,β-unsaturated/α-hetero) is 1. The Kier molecular flexibility index (Phi) is 5.38. The van der Waals surface area contributed by atoms with Crippen molar-refractivity contribution < 1.29 is 24.1 Å². The van der Waals surface area contributed by atoms with Gasteiger partial charge in [0.15, 0.2) is 17.2 Å². The Morgan fingerprint density at radius 1 is 1.39 bits per heavy atom. The number of methoxy groups -OCH3 is 2. The molecule has 1 rings (SSSR count). The largest absolute Gasteiger partial charge is 0.505 e. The molecule has 18 heavy (non-hydrogen) atoms. The topological polar surface area (TPSA) is 77.9 Å². The predicted molar refractivity (Wildman–Crippen MR) is 64.4 cm³/mol. The van der Waals surface area contributed by atoms with Crippen LogP contribution in [0.15, 0.2) is 6.07 Å². The number of carbonyl (C=O) groups excluding carboxylic acids is 1. The summed E-state index contributed by atoms with van der Waals surface area (Å²) < 4.78 is 15.3. The van der Waals surface area contributed by atoms with Crippen molar-refractivity contribution in [3.05, 3.63) is 11.8 Å². The summed E-state index contributed by atoms with van der Waals surface area (Å²) in [5.41, 5.74) is -0.0314. The molecule has 0 amide bonds. The lowest BCUT2D eigenvalue weighted by molar-refractivity contribution is 0.100. The summed E-state index contributed by atoms with van der Waals surface area (Å²) in [6, 6.07) is 1.33. The van der Waals surface area contributed by atoms with Crippen LogP contribution in [0.4, 0.5) is 0 Å². The molecule has 0 atom stereocenters. The van der Waals surface area contributed by atoms with E-state index in [4.69, 9.17) is 14.2 Å². The fraction of sp³-hybridized carbons (Fsp3) is 0.500. The van der Waals surface area contributed by atoms with Crippen LogP contribution in [0.1, 0.15) is 23.8 Å². The number of hydrogen-bond acceptors (Lipinski definition) is 6. The number of nitrogens with zero attached hydrogens (tertiary/aromatic N) is 1. The molecule has 1 aromatic heterocycles. The monoisotopic (exact) mass is 255 g/mol. The first-order valence-corrected chi connectivity index (χ1v) is 5.50. The van der Waals surface area contributed by atoms with Crippen LogP contribution in [0.5, 0.6) is 17.4 Å². The number of aromatic hydroxyl groups is 1. The Morgan fingerprint density at radius 2 is 2.11 bits per heavy atom. The molecule has 0 aliphatic rings. The molecule has 0 saturated heterocycles. The molecule has 0 aliphatic carbocycles. The second-order valence-electron chi connectivity index (χ2n) is 3.61. The minimum absolute atomic E-state index is 0.0314. The van der Waals surface area contributed by atoms with E-state index >= 15 is 0 Å². The van der Waals surface area contributed by atoms with Crippen molar-refractivity contribution in [1.82, 2.24) is 4.98 Å². The van der Waals surface area contributed by atoms with E-state index in [0.29, 0.717) is 25.4 Å². The normalized spacial score (nSPS) is 10.2. The van der Waals surface area contributed by atoms with E-state index in [1.807, 2.05) is 0 Å². The van der Waals surface area contributed by atoms with E-state index < -0.39 is 0 Å². The highest BCUT2D eigenvalue weighted by molar-refractivity contribution is 5.95. The van der Waals surface area contributed by atoms with Gasteiger partial charge >= 0.3 is 0 Å². The SMILES string of the molecule is COCCCOc1cc(O)c(C(C)=O)nc1OC. The Hall–Kier alpha value is -1.82. The molecule has 6 heteroatoms. The summed E-state index contributed by atoms with van der Waals surface area (Å²) in [5.74, 6) is -0.0757. The third kappa shape index (κ3) is 3.59. The number of carbonyl (C=O) groups is 1. The number of pyridine rings is 1. The molecule has 100 valence electrons. The maximum absolute atomic E-state index is 11.2. The zero-order valence-corrected chi connectivity index (χ0v) is 10.7. The third-order valence-electron chi connectivity index (χ3n) is 2.21. The molecule has 0 bridgehead atoms. The first-order chi connectivity index (χ1) is 8.60. The van der Waals surface area contributed by atoms with Gasteiger partial charge in [-0.05, 0) is 0 Å². The van der Waals surface area contributed by atoms with Gasteiger partial charge in [0.05, 0.1) is 13.7 Å². The lowest BCUT2D eigenvalue weighted by Gasteiger charge is -2.11. The molecule has 0 aromatic carbocycles. The van der Waals surface area contributed by atoms with Crippen LogP contribution in [0.2, 0.25) is 0 Å². The number of aromatic nitrogens is 1. The summed E-state index contributed by atoms with van der Waals surface area (Å²) in [5, 5.41) is 9.64. The highest BCUT2D eigenvalue weighted by Crippen LogP contribution is 2.31. The standard InChI is InChI=1S/C12H17NO5/c1-8(14)11-9(15)7-10(12(13-11)17-3)18-6-4-5-16-2/h7,15H,4-6H2,1-3H3. The summed E-state index contributed by atoms with van der Waals surface area (Å²) >= 11 is 0. The summed E-state index contributed by atoms with van der Waals surface area (Å²) in [6.07, 6.45) is 0.703. The van der Waals surface area contributed by atoms with Crippen molar-refractivity contribution in [3.63, 3.8) is 0 Å². The molecule has 0 aliphatic heterocycles. The summed E-state index contributed by atoms with van der Waals surface area (Å²) in [6.45, 7) is 2.30. The van der Waals surface area contributed by atoms with Crippen molar-refractivity contribution in [2.45, 2.75) is 13.3 Å². The van der Waals surface area contributed by atoms with Crippen molar-refractivity contribution >= 4 is 5.78 Å². The van der Waals surface area contributed by atoms with Gasteiger partial charge < -0.3 is 19.3 Å². The minimum Gasteiger partial charge on any atom is -0.505 e. The van der Waals surface area contributed by atoms with Crippen LogP contribution in [-0.2, 0) is 4.74 Å². The number of ether oxygens (including phenoxy) is 3. The molecule has 1 N–H and O–H groups in total. The van der Waals surface area contributed by atoms with Gasteiger partial charge in [-0.2, -0.15) is 0 Å². The van der Waals surface area contributed by atoms with Gasteiger partial charge in [0.25, 0.3) is 5.88 Å². The van der Waals surface area contributed by atoms with Crippen molar-refractivity contribution in [2.24, 2.45) is 0 Å². The number of ketones is 1. The Morgan fingerprint density at radius 3 is 2.67 bits per heavy atom. The lowest BCUT2D eigenvalue weighted by atomic mass is 10.2. The van der Waals surface area contributed by atoms with Crippen molar-refractivity contribution in [1.29, 1.82) is 0 Å². The maximum atomic E-state index is 11.2. The Labute approximate surface area is 106 Å². The van der Waals surface area contributed by atoms with Crippen LogP contribution in [0.3, 0.4) is 0 Å². The van der Waals surface area contributed by atoms with Gasteiger partial charge in [-0.3, -0.25) is 4.79 Å². The molecule has 1 heterocycles. The van der Waals surface area contributed by atoms with Gasteiger partial charge in [0.2, 0.25) is 0 Å². The van der Waals surface area contributed by atoms with E-state index in [1.54, 1.807) is 7.11 Å². The minimum atomic E-state index is -0.336. The van der Waals surface area contributed by atoms with Crippen molar-refractivity contribution in [2.75, 3.05) is 27.4 Å². The second-order valence-corrected chi connectivity index (χ2v) is 3.61. The van der Waals surface area contributed by atoms with E-state index in [9.17, 15) is 9.90 Å². The maximum Gasteiger partial charge on any atom is 0.257 e. The van der Waals surface area contributed by atoms with Crippen LogP contribution in [0.25, 0.3) is 0 Å². The predicted octanol–water partition coefficient (Wildman–Crippen LogP) is 1.41. The van der Waals surface area contributed by atoms with E-state index in [-0.39, 0.29) is 23.1 Å². The zero-order valence-electron chi connectivity index (χ0n) is 10.7. The molecule has 0 radical (unpaired) electrons. The van der Waals surface area contributed by atoms with Gasteiger partial charge in [-0.25, -0.2) is 4.98 Å². The smallest absolute Gasteiger partial charge is 0.257 e. The van der Waals surface area contributed by atoms with Crippen LogP contribution in [-0.4, -0.2) is 43.3 Å². The van der Waals surface area contributed by atoms with Gasteiger partial charge in [0.1, 0.15) is 5.75 Å². The lowest BCUT2D eigenvalue weighted by Crippen LogP contribution is -2.06. The summed E-state index contributed by atoms with van der Waals surface area (Å²) in [4.78, 5) is 15.1. The second kappa shape index (κ2) is 6.80. The highest BCUT2D eigenvalue weighted by atomic mass is 16.5. The van der Waals surface area contributed by atoms with Gasteiger partial charge in [-0.1, -0.05) is 0 Å². The zero-order chi connectivity index (χ0) is 13.5. The molecule has 0 fully saturated rings. The van der Waals surface area contributed by atoms with Crippen molar-refractivity contribution in [3.8, 4) is 17.4 Å². The van der Waals surface area contributed by atoms with Gasteiger partial charge in [-0.15, -0.1) is 0 Å². The molecular weight excluding hydrogens is 238 g/mol. The molecular formula is C12H17NO5. The molecule has 6 nitrogen and oxygen atoms in total. The van der Waals surface area contributed by atoms with E-state index in [1.165, 1.54) is 20.1 Å². The van der Waals surface area contributed by atoms with Crippen LogP contribution in [0, 0.1) is 0 Å². The van der Waals surface area contributed by atoms with Crippen LogP contribution >= 0.6 is 0 Å². The fourth-order valence-corrected chi connectivity index (χ4v) is 1.36. The fourth-order valence-electron chi connectivity index (χ4n) is 1.36. The van der Waals surface area contributed by atoms with E-state index in [0.717, 1.165) is 0 Å². The average Bonchev–Trinajstić information content (AvgIpc) is 2.34. The quantitative estimate of drug-likeness (QED) is 0.586. The van der Waals surface area contributed by atoms with Crippen LogP contribution < -0.4 is 9.47 Å².